The Labute approximate surface area is 135 Å². The maximum absolute atomic E-state index is 12.3. The van der Waals surface area contributed by atoms with E-state index in [1.54, 1.807) is 12.1 Å². The van der Waals surface area contributed by atoms with Crippen molar-refractivity contribution in [1.29, 1.82) is 0 Å². The second-order valence-corrected chi connectivity index (χ2v) is 5.96. The molecule has 3 aromatic rings. The van der Waals surface area contributed by atoms with E-state index >= 15 is 0 Å². The van der Waals surface area contributed by atoms with Crippen molar-refractivity contribution >= 4 is 49.9 Å². The van der Waals surface area contributed by atoms with E-state index in [9.17, 15) is 4.79 Å². The Morgan fingerprint density at radius 1 is 0.952 bits per heavy atom. The Morgan fingerprint density at radius 2 is 1.71 bits per heavy atom. The monoisotopic (exact) mass is 359 g/mol. The van der Waals surface area contributed by atoms with Crippen molar-refractivity contribution in [3.05, 3.63) is 75.7 Å². The average Bonchev–Trinajstić information content (AvgIpc) is 2.50. The van der Waals surface area contributed by atoms with Crippen molar-refractivity contribution in [1.82, 2.24) is 0 Å². The number of fused-ring (bicyclic) bond motifs is 1. The molecule has 3 aromatic carbocycles. The summed E-state index contributed by atoms with van der Waals surface area (Å²) >= 11 is 9.45. The zero-order valence-electron chi connectivity index (χ0n) is 10.9. The molecular formula is C17H11BrClNO. The zero-order chi connectivity index (χ0) is 14.8. The largest absolute Gasteiger partial charge is 0.321 e. The summed E-state index contributed by atoms with van der Waals surface area (Å²) in [4.78, 5) is 12.3. The van der Waals surface area contributed by atoms with E-state index in [2.05, 4.69) is 21.2 Å². The summed E-state index contributed by atoms with van der Waals surface area (Å²) in [5.41, 5.74) is 1.19. The van der Waals surface area contributed by atoms with E-state index < -0.39 is 0 Å². The van der Waals surface area contributed by atoms with Crippen LogP contribution in [0.4, 0.5) is 5.69 Å². The number of halogens is 2. The van der Waals surface area contributed by atoms with Gasteiger partial charge in [0, 0.05) is 10.0 Å². The van der Waals surface area contributed by atoms with Crippen LogP contribution in [0.15, 0.2) is 65.1 Å². The number of nitrogens with one attached hydrogen (secondary N) is 1. The van der Waals surface area contributed by atoms with Gasteiger partial charge in [0.05, 0.1) is 10.7 Å². The Bertz CT molecular complexity index is 832. The number of hydrogen-bond acceptors (Lipinski definition) is 1. The molecule has 0 unspecified atom stereocenters. The normalized spacial score (nSPS) is 10.6. The van der Waals surface area contributed by atoms with Gasteiger partial charge in [-0.15, -0.1) is 0 Å². The van der Waals surface area contributed by atoms with E-state index in [1.165, 1.54) is 0 Å². The fourth-order valence-corrected chi connectivity index (χ4v) is 2.64. The lowest BCUT2D eigenvalue weighted by Gasteiger charge is -2.08. The number of anilines is 1. The summed E-state index contributed by atoms with van der Waals surface area (Å²) in [5.74, 6) is -0.180. The predicted molar refractivity (Wildman–Crippen MR) is 91.1 cm³/mol. The Kier molecular flexibility index (Phi) is 3.95. The molecule has 0 aliphatic heterocycles. The number of rotatable bonds is 2. The minimum absolute atomic E-state index is 0.180. The molecule has 0 aromatic heterocycles. The summed E-state index contributed by atoms with van der Waals surface area (Å²) in [6.07, 6.45) is 0. The molecule has 0 radical (unpaired) electrons. The Morgan fingerprint density at radius 3 is 2.52 bits per heavy atom. The summed E-state index contributed by atoms with van der Waals surface area (Å²) in [6, 6.07) is 18.9. The van der Waals surface area contributed by atoms with E-state index in [-0.39, 0.29) is 5.91 Å². The van der Waals surface area contributed by atoms with Crippen molar-refractivity contribution in [2.45, 2.75) is 0 Å². The molecule has 0 saturated carbocycles. The lowest BCUT2D eigenvalue weighted by Crippen LogP contribution is -2.12. The molecule has 4 heteroatoms. The maximum Gasteiger partial charge on any atom is 0.255 e. The Balaban J connectivity index is 1.91. The van der Waals surface area contributed by atoms with Crippen LogP contribution in [0.3, 0.4) is 0 Å². The molecule has 2 nitrogen and oxygen atoms in total. The summed E-state index contributed by atoms with van der Waals surface area (Å²) < 4.78 is 0.862. The summed E-state index contributed by atoms with van der Waals surface area (Å²) in [7, 11) is 0. The standard InChI is InChI=1S/C17H11BrClNO/c18-14-7-8-15(19)16(10-14)20-17(21)13-6-5-11-3-1-2-4-12(11)9-13/h1-10H,(H,20,21). The third-order valence-corrected chi connectivity index (χ3v) is 4.01. The molecule has 0 bridgehead atoms. The first-order chi connectivity index (χ1) is 10.1. The van der Waals surface area contributed by atoms with Gasteiger partial charge in [-0.1, -0.05) is 57.9 Å². The van der Waals surface area contributed by atoms with Crippen molar-refractivity contribution in [2.24, 2.45) is 0 Å². The molecule has 0 spiro atoms. The molecule has 104 valence electrons. The Hall–Kier alpha value is -1.84. The van der Waals surface area contributed by atoms with E-state index in [0.717, 1.165) is 15.2 Å². The predicted octanol–water partition coefficient (Wildman–Crippen LogP) is 5.51. The molecule has 0 fully saturated rings. The third-order valence-electron chi connectivity index (χ3n) is 3.19. The van der Waals surface area contributed by atoms with Crippen LogP contribution in [0.25, 0.3) is 10.8 Å². The molecular weight excluding hydrogens is 350 g/mol. The third kappa shape index (κ3) is 3.09. The van der Waals surface area contributed by atoms with Gasteiger partial charge < -0.3 is 5.32 Å². The number of hydrogen-bond donors (Lipinski definition) is 1. The van der Waals surface area contributed by atoms with Crippen LogP contribution in [-0.4, -0.2) is 5.91 Å². The van der Waals surface area contributed by atoms with Gasteiger partial charge in [-0.25, -0.2) is 0 Å². The first-order valence-corrected chi connectivity index (χ1v) is 7.56. The second kappa shape index (κ2) is 5.88. The van der Waals surface area contributed by atoms with Crippen LogP contribution in [0, 0.1) is 0 Å². The van der Waals surface area contributed by atoms with Crippen molar-refractivity contribution in [3.63, 3.8) is 0 Å². The van der Waals surface area contributed by atoms with Gasteiger partial charge >= 0.3 is 0 Å². The molecule has 0 aliphatic carbocycles. The van der Waals surface area contributed by atoms with Gasteiger partial charge in [-0.3, -0.25) is 4.79 Å². The topological polar surface area (TPSA) is 29.1 Å². The summed E-state index contributed by atoms with van der Waals surface area (Å²) in [5, 5.41) is 5.48. The highest BCUT2D eigenvalue weighted by atomic mass is 79.9. The van der Waals surface area contributed by atoms with Crippen LogP contribution in [0.1, 0.15) is 10.4 Å². The van der Waals surface area contributed by atoms with Crippen LogP contribution in [0.2, 0.25) is 5.02 Å². The lowest BCUT2D eigenvalue weighted by atomic mass is 10.1. The van der Waals surface area contributed by atoms with Crippen molar-refractivity contribution in [3.8, 4) is 0 Å². The summed E-state index contributed by atoms with van der Waals surface area (Å²) in [6.45, 7) is 0. The highest BCUT2D eigenvalue weighted by molar-refractivity contribution is 9.10. The zero-order valence-corrected chi connectivity index (χ0v) is 13.3. The van der Waals surface area contributed by atoms with Gasteiger partial charge in [0.25, 0.3) is 5.91 Å². The molecule has 0 saturated heterocycles. The second-order valence-electron chi connectivity index (χ2n) is 4.64. The van der Waals surface area contributed by atoms with Gasteiger partial charge in [-0.2, -0.15) is 0 Å². The van der Waals surface area contributed by atoms with Crippen LogP contribution in [0.5, 0.6) is 0 Å². The van der Waals surface area contributed by atoms with Crippen molar-refractivity contribution in [2.75, 3.05) is 5.32 Å². The minimum Gasteiger partial charge on any atom is -0.321 e. The van der Waals surface area contributed by atoms with E-state index in [1.807, 2.05) is 48.5 Å². The molecule has 1 N–H and O–H groups in total. The fraction of sp³-hybridized carbons (Fsp3) is 0. The van der Waals surface area contributed by atoms with E-state index in [0.29, 0.717) is 16.3 Å². The van der Waals surface area contributed by atoms with Gasteiger partial charge in [-0.05, 0) is 41.1 Å². The highest BCUT2D eigenvalue weighted by Gasteiger charge is 2.09. The molecule has 0 heterocycles. The average molecular weight is 361 g/mol. The van der Waals surface area contributed by atoms with Crippen molar-refractivity contribution < 1.29 is 4.79 Å². The molecule has 21 heavy (non-hydrogen) atoms. The highest BCUT2D eigenvalue weighted by Crippen LogP contribution is 2.26. The molecule has 3 rings (SSSR count). The first kappa shape index (κ1) is 14.1. The lowest BCUT2D eigenvalue weighted by molar-refractivity contribution is 0.102. The number of amides is 1. The molecule has 1 amide bonds. The molecule has 0 aliphatic rings. The minimum atomic E-state index is -0.180. The fourth-order valence-electron chi connectivity index (χ4n) is 2.12. The first-order valence-electron chi connectivity index (χ1n) is 6.39. The number of carbonyl (C=O) groups is 1. The SMILES string of the molecule is O=C(Nc1cc(Br)ccc1Cl)c1ccc2ccccc2c1. The van der Waals surface area contributed by atoms with Crippen LogP contribution < -0.4 is 5.32 Å². The van der Waals surface area contributed by atoms with Gasteiger partial charge in [0.15, 0.2) is 0 Å². The maximum atomic E-state index is 12.3. The van der Waals surface area contributed by atoms with Gasteiger partial charge in [0.2, 0.25) is 0 Å². The number of carbonyl (C=O) groups excluding carboxylic acids is 1. The number of benzene rings is 3. The smallest absolute Gasteiger partial charge is 0.255 e. The van der Waals surface area contributed by atoms with Crippen LogP contribution >= 0.6 is 27.5 Å². The molecule has 0 atom stereocenters. The van der Waals surface area contributed by atoms with Crippen LogP contribution in [-0.2, 0) is 0 Å². The van der Waals surface area contributed by atoms with E-state index in [4.69, 9.17) is 11.6 Å². The quantitative estimate of drug-likeness (QED) is 0.641. The van der Waals surface area contributed by atoms with Gasteiger partial charge in [0.1, 0.15) is 0 Å².